The van der Waals surface area contributed by atoms with Crippen LogP contribution in [0.1, 0.15) is 6.42 Å². The third-order valence-electron chi connectivity index (χ3n) is 0.756. The smallest absolute Gasteiger partial charge is 0.0450 e. The summed E-state index contributed by atoms with van der Waals surface area (Å²) >= 11 is 14.3. The zero-order valence-electron chi connectivity index (χ0n) is 5.16. The Morgan fingerprint density at radius 1 is 1.22 bits per heavy atom. The molecule has 0 aliphatic heterocycles. The molecule has 0 saturated heterocycles. The minimum Gasteiger partial charge on any atom is -0.179 e. The lowest BCUT2D eigenvalue weighted by molar-refractivity contribution is 1.08. The van der Waals surface area contributed by atoms with Crippen LogP contribution in [0.2, 0.25) is 0 Å². The molecule has 0 aromatic carbocycles. The first-order valence-corrected chi connectivity index (χ1v) is 5.64. The predicted molar refractivity (Wildman–Crippen MR) is 57.6 cm³/mol. The molecule has 0 bridgehead atoms. The molecule has 0 aromatic rings. The van der Waals surface area contributed by atoms with Crippen molar-refractivity contribution >= 4 is 49.6 Å². The molecule has 0 unspecified atom stereocenters. The molecule has 0 aliphatic carbocycles. The lowest BCUT2D eigenvalue weighted by atomic mass is 10.6. The van der Waals surface area contributed by atoms with Crippen molar-refractivity contribution in [3.05, 3.63) is 0 Å². The van der Waals surface area contributed by atoms with E-state index in [1.165, 1.54) is 0 Å². The maximum Gasteiger partial charge on any atom is 0.0450 e. The van der Waals surface area contributed by atoms with Gasteiger partial charge in [0.1, 0.15) is 0 Å². The number of hydrogen-bond donors (Lipinski definition) is 3. The Kier molecular flexibility index (Phi) is 8.67. The molecule has 0 aromatic heterocycles. The number of rotatable bonds is 5. The van der Waals surface area contributed by atoms with E-state index in [1.54, 1.807) is 0 Å². The van der Waals surface area contributed by atoms with Crippen LogP contribution in [-0.4, -0.2) is 21.8 Å². The van der Waals surface area contributed by atoms with Crippen LogP contribution in [0, 0.1) is 0 Å². The summed E-state index contributed by atoms with van der Waals surface area (Å²) in [5.74, 6) is 3.25. The zero-order valence-corrected chi connectivity index (χ0v) is 8.66. The van der Waals surface area contributed by atoms with Gasteiger partial charge in [0.2, 0.25) is 0 Å². The highest BCUT2D eigenvalue weighted by atomic mass is 32.2. The average Bonchev–Trinajstić information content (AvgIpc) is 1.80. The van der Waals surface area contributed by atoms with Crippen molar-refractivity contribution in [2.24, 2.45) is 0 Å². The van der Waals surface area contributed by atoms with Crippen molar-refractivity contribution in [3.8, 4) is 0 Å². The highest BCUT2D eigenvalue weighted by Gasteiger charge is 1.93. The standard InChI is InChI=1S/C5H12S4/c6-2-4-9-3-1-5(7)8/h5-8H,1-4H2. The second-order valence-corrected chi connectivity index (χ2v) is 4.93. The highest BCUT2D eigenvalue weighted by Crippen LogP contribution is 2.11. The van der Waals surface area contributed by atoms with Gasteiger partial charge in [-0.2, -0.15) is 49.6 Å². The van der Waals surface area contributed by atoms with Gasteiger partial charge in [-0.05, 0) is 17.9 Å². The van der Waals surface area contributed by atoms with E-state index >= 15 is 0 Å². The maximum absolute atomic E-state index is 4.13. The van der Waals surface area contributed by atoms with Gasteiger partial charge in [0.25, 0.3) is 0 Å². The fourth-order valence-electron chi connectivity index (χ4n) is 0.355. The molecule has 0 rings (SSSR count). The molecule has 0 aliphatic rings. The number of thiol groups is 3. The minimum absolute atomic E-state index is 0.248. The Labute approximate surface area is 77.8 Å². The van der Waals surface area contributed by atoms with Crippen LogP contribution in [0.15, 0.2) is 0 Å². The monoisotopic (exact) mass is 200 g/mol. The maximum atomic E-state index is 4.13. The molecule has 4 heteroatoms. The van der Waals surface area contributed by atoms with Crippen molar-refractivity contribution < 1.29 is 0 Å². The van der Waals surface area contributed by atoms with Crippen LogP contribution in [0.4, 0.5) is 0 Å². The Balaban J connectivity index is 2.75. The van der Waals surface area contributed by atoms with E-state index in [2.05, 4.69) is 37.9 Å². The van der Waals surface area contributed by atoms with Crippen molar-refractivity contribution in [2.75, 3.05) is 17.3 Å². The predicted octanol–water partition coefficient (Wildman–Crippen LogP) is 2.23. The summed E-state index contributed by atoms with van der Waals surface area (Å²) in [4.78, 5) is 0. The summed E-state index contributed by atoms with van der Waals surface area (Å²) in [7, 11) is 0. The van der Waals surface area contributed by atoms with Gasteiger partial charge in [-0.3, -0.25) is 0 Å². The van der Waals surface area contributed by atoms with Gasteiger partial charge < -0.3 is 0 Å². The molecule has 9 heavy (non-hydrogen) atoms. The largest absolute Gasteiger partial charge is 0.179 e. The van der Waals surface area contributed by atoms with Gasteiger partial charge in [0.05, 0.1) is 0 Å². The quantitative estimate of drug-likeness (QED) is 0.347. The van der Waals surface area contributed by atoms with E-state index < -0.39 is 0 Å². The van der Waals surface area contributed by atoms with Crippen molar-refractivity contribution in [3.63, 3.8) is 0 Å². The average molecular weight is 200 g/mol. The summed E-state index contributed by atoms with van der Waals surface area (Å²) in [5, 5.41) is 0. The molecule has 0 N–H and O–H groups in total. The molecule has 0 saturated carbocycles. The Morgan fingerprint density at radius 2 is 1.89 bits per heavy atom. The fourth-order valence-corrected chi connectivity index (χ4v) is 2.09. The van der Waals surface area contributed by atoms with E-state index in [9.17, 15) is 0 Å². The Morgan fingerprint density at radius 3 is 2.33 bits per heavy atom. The van der Waals surface area contributed by atoms with Crippen LogP contribution < -0.4 is 0 Å². The first-order chi connectivity index (χ1) is 4.27. The van der Waals surface area contributed by atoms with E-state index in [4.69, 9.17) is 0 Å². The van der Waals surface area contributed by atoms with Gasteiger partial charge in [-0.25, -0.2) is 0 Å². The van der Waals surface area contributed by atoms with Crippen LogP contribution in [-0.2, 0) is 0 Å². The van der Waals surface area contributed by atoms with Crippen LogP contribution in [0.5, 0.6) is 0 Å². The van der Waals surface area contributed by atoms with E-state index in [1.807, 2.05) is 11.8 Å². The Bertz CT molecular complexity index is 54.9. The summed E-state index contributed by atoms with van der Waals surface area (Å²) in [6.07, 6.45) is 1.07. The summed E-state index contributed by atoms with van der Waals surface area (Å²) in [5.41, 5.74) is 0. The lowest BCUT2D eigenvalue weighted by Crippen LogP contribution is -1.91. The van der Waals surface area contributed by atoms with Gasteiger partial charge >= 0.3 is 0 Å². The molecule has 0 nitrogen and oxygen atoms in total. The number of hydrogen-bond acceptors (Lipinski definition) is 4. The van der Waals surface area contributed by atoms with Gasteiger partial charge in [0.15, 0.2) is 0 Å². The molecule has 0 fully saturated rings. The van der Waals surface area contributed by atoms with Crippen molar-refractivity contribution in [1.29, 1.82) is 0 Å². The van der Waals surface area contributed by atoms with Crippen LogP contribution in [0.25, 0.3) is 0 Å². The molecule has 0 radical (unpaired) electrons. The molecule has 0 spiro atoms. The highest BCUT2D eigenvalue weighted by molar-refractivity contribution is 8.00. The van der Waals surface area contributed by atoms with Crippen LogP contribution in [0.3, 0.4) is 0 Å². The second kappa shape index (κ2) is 7.51. The second-order valence-electron chi connectivity index (χ2n) is 1.61. The molecule has 0 amide bonds. The van der Waals surface area contributed by atoms with Crippen molar-refractivity contribution in [1.82, 2.24) is 0 Å². The third-order valence-corrected chi connectivity index (χ3v) is 2.82. The summed E-state index contributed by atoms with van der Waals surface area (Å²) in [6, 6.07) is 0. The van der Waals surface area contributed by atoms with E-state index in [0.29, 0.717) is 0 Å². The fraction of sp³-hybridized carbons (Fsp3) is 1.00. The Hall–Kier alpha value is 1.40. The molecular formula is C5H12S4. The summed E-state index contributed by atoms with van der Waals surface area (Å²) < 4.78 is 0.248. The molecule has 0 heterocycles. The van der Waals surface area contributed by atoms with Gasteiger partial charge in [-0.1, -0.05) is 0 Å². The molecule has 56 valence electrons. The molecule has 0 atom stereocenters. The normalized spacial score (nSPS) is 10.7. The topological polar surface area (TPSA) is 0 Å². The first kappa shape index (κ1) is 10.4. The van der Waals surface area contributed by atoms with Crippen LogP contribution >= 0.6 is 49.6 Å². The zero-order chi connectivity index (χ0) is 7.11. The third kappa shape index (κ3) is 9.40. The number of thioether (sulfide) groups is 1. The van der Waals surface area contributed by atoms with Gasteiger partial charge in [0, 0.05) is 10.3 Å². The summed E-state index contributed by atoms with van der Waals surface area (Å²) in [6.45, 7) is 0. The minimum atomic E-state index is 0.248. The first-order valence-electron chi connectivity index (χ1n) is 2.82. The SMILES string of the molecule is SCCSCCC(S)S. The molecular weight excluding hydrogens is 188 g/mol. The van der Waals surface area contributed by atoms with Gasteiger partial charge in [-0.15, -0.1) is 0 Å². The van der Waals surface area contributed by atoms with Crippen molar-refractivity contribution in [2.45, 2.75) is 11.0 Å². The van der Waals surface area contributed by atoms with E-state index in [-0.39, 0.29) is 4.58 Å². The van der Waals surface area contributed by atoms with E-state index in [0.717, 1.165) is 23.7 Å². The lowest BCUT2D eigenvalue weighted by Gasteiger charge is -2.00.